The Morgan fingerprint density at radius 3 is 2.89 bits per heavy atom. The van der Waals surface area contributed by atoms with Crippen molar-refractivity contribution in [1.82, 2.24) is 0 Å². The molecule has 1 aliphatic rings. The van der Waals surface area contributed by atoms with Crippen LogP contribution >= 0.6 is 11.8 Å². The molecule has 1 aromatic rings. The standard InChI is InChI=1S/C13H15FO3S/c1-17-10-4-3-9(11(14)7-10)8-13(12(15)16)5-2-6-18-13/h3-4,7H,2,5-6,8H2,1H3,(H,15,16). The normalized spacial score (nSPS) is 23.0. The number of aliphatic carboxylic acids is 1. The van der Waals surface area contributed by atoms with Gasteiger partial charge in [0.15, 0.2) is 0 Å². The lowest BCUT2D eigenvalue weighted by Crippen LogP contribution is -2.35. The number of hydrogen-bond acceptors (Lipinski definition) is 3. The fourth-order valence-electron chi connectivity index (χ4n) is 2.19. The number of halogens is 1. The predicted molar refractivity (Wildman–Crippen MR) is 68.7 cm³/mol. The Morgan fingerprint density at radius 1 is 1.61 bits per heavy atom. The van der Waals surface area contributed by atoms with Crippen LogP contribution < -0.4 is 4.74 Å². The maximum Gasteiger partial charge on any atom is 0.320 e. The van der Waals surface area contributed by atoms with Crippen molar-refractivity contribution < 1.29 is 19.0 Å². The van der Waals surface area contributed by atoms with E-state index in [0.717, 1.165) is 12.2 Å². The minimum atomic E-state index is -0.866. The van der Waals surface area contributed by atoms with Crippen LogP contribution in [0.3, 0.4) is 0 Å². The molecule has 1 fully saturated rings. The Labute approximate surface area is 109 Å². The first-order valence-electron chi connectivity index (χ1n) is 5.77. The Bertz CT molecular complexity index is 456. The molecule has 1 aromatic carbocycles. The van der Waals surface area contributed by atoms with E-state index in [9.17, 15) is 14.3 Å². The van der Waals surface area contributed by atoms with Crippen LogP contribution in [-0.4, -0.2) is 28.7 Å². The summed E-state index contributed by atoms with van der Waals surface area (Å²) in [6, 6.07) is 4.57. The number of rotatable bonds is 4. The van der Waals surface area contributed by atoms with E-state index < -0.39 is 16.5 Å². The fraction of sp³-hybridized carbons (Fsp3) is 0.462. The minimum absolute atomic E-state index is 0.225. The summed E-state index contributed by atoms with van der Waals surface area (Å²) in [5.74, 6) is 0.0201. The highest BCUT2D eigenvalue weighted by Crippen LogP contribution is 2.41. The van der Waals surface area contributed by atoms with Crippen molar-refractivity contribution >= 4 is 17.7 Å². The van der Waals surface area contributed by atoms with Gasteiger partial charge in [0.2, 0.25) is 0 Å². The third-order valence-electron chi connectivity index (χ3n) is 3.23. The van der Waals surface area contributed by atoms with Crippen LogP contribution in [0.1, 0.15) is 18.4 Å². The molecule has 98 valence electrons. The zero-order chi connectivity index (χ0) is 13.2. The van der Waals surface area contributed by atoms with Crippen LogP contribution in [0.15, 0.2) is 18.2 Å². The molecule has 1 aliphatic heterocycles. The Hall–Kier alpha value is -1.23. The zero-order valence-electron chi connectivity index (χ0n) is 10.1. The first-order valence-corrected chi connectivity index (χ1v) is 6.76. The van der Waals surface area contributed by atoms with E-state index >= 15 is 0 Å². The van der Waals surface area contributed by atoms with Crippen molar-refractivity contribution in [1.29, 1.82) is 0 Å². The van der Waals surface area contributed by atoms with Crippen LogP contribution in [0.25, 0.3) is 0 Å². The summed E-state index contributed by atoms with van der Waals surface area (Å²) in [5, 5.41) is 9.35. The second kappa shape index (κ2) is 5.18. The van der Waals surface area contributed by atoms with E-state index in [0.29, 0.717) is 17.7 Å². The molecule has 1 saturated heterocycles. The topological polar surface area (TPSA) is 46.5 Å². The van der Waals surface area contributed by atoms with Gasteiger partial charge in [-0.3, -0.25) is 4.79 Å². The number of ether oxygens (including phenoxy) is 1. The van der Waals surface area contributed by atoms with Gasteiger partial charge in [-0.05, 0) is 30.2 Å². The van der Waals surface area contributed by atoms with Crippen LogP contribution in [0.4, 0.5) is 4.39 Å². The van der Waals surface area contributed by atoms with E-state index in [1.165, 1.54) is 24.9 Å². The summed E-state index contributed by atoms with van der Waals surface area (Å²) < 4.78 is 17.9. The van der Waals surface area contributed by atoms with Crippen molar-refractivity contribution in [3.8, 4) is 5.75 Å². The van der Waals surface area contributed by atoms with E-state index in [4.69, 9.17) is 4.74 Å². The van der Waals surface area contributed by atoms with Gasteiger partial charge < -0.3 is 9.84 Å². The monoisotopic (exact) mass is 270 g/mol. The first-order chi connectivity index (χ1) is 8.57. The highest BCUT2D eigenvalue weighted by molar-refractivity contribution is 8.01. The number of methoxy groups -OCH3 is 1. The number of hydrogen-bond donors (Lipinski definition) is 1. The molecule has 2 rings (SSSR count). The van der Waals surface area contributed by atoms with Gasteiger partial charge in [-0.2, -0.15) is 0 Å². The fourth-order valence-corrected chi connectivity index (χ4v) is 3.54. The number of carboxylic acids is 1. The van der Waals surface area contributed by atoms with Crippen molar-refractivity contribution in [2.24, 2.45) is 0 Å². The van der Waals surface area contributed by atoms with E-state index in [1.807, 2.05) is 0 Å². The van der Waals surface area contributed by atoms with Gasteiger partial charge >= 0.3 is 5.97 Å². The van der Waals surface area contributed by atoms with Gasteiger partial charge in [-0.25, -0.2) is 4.39 Å². The first kappa shape index (κ1) is 13.2. The van der Waals surface area contributed by atoms with Crippen molar-refractivity contribution in [3.63, 3.8) is 0 Å². The quantitative estimate of drug-likeness (QED) is 0.913. The van der Waals surface area contributed by atoms with Crippen molar-refractivity contribution in [2.45, 2.75) is 24.0 Å². The summed E-state index contributed by atoms with van der Waals surface area (Å²) in [5.41, 5.74) is 0.438. The highest BCUT2D eigenvalue weighted by atomic mass is 32.2. The molecule has 1 unspecified atom stereocenters. The summed E-state index contributed by atoms with van der Waals surface area (Å²) in [4.78, 5) is 11.4. The summed E-state index contributed by atoms with van der Waals surface area (Å²) >= 11 is 1.41. The number of carbonyl (C=O) groups is 1. The average Bonchev–Trinajstić information content (AvgIpc) is 2.81. The summed E-state index contributed by atoms with van der Waals surface area (Å²) in [6.07, 6.45) is 1.69. The summed E-state index contributed by atoms with van der Waals surface area (Å²) in [7, 11) is 1.47. The lowest BCUT2D eigenvalue weighted by atomic mass is 9.94. The molecule has 5 heteroatoms. The Balaban J connectivity index is 2.24. The minimum Gasteiger partial charge on any atom is -0.497 e. The van der Waals surface area contributed by atoms with Gasteiger partial charge in [-0.1, -0.05) is 6.07 Å². The second-order valence-corrected chi connectivity index (χ2v) is 5.86. The van der Waals surface area contributed by atoms with Gasteiger partial charge in [0.1, 0.15) is 16.3 Å². The molecule has 0 aromatic heterocycles. The van der Waals surface area contributed by atoms with Crippen LogP contribution in [0.2, 0.25) is 0 Å². The smallest absolute Gasteiger partial charge is 0.320 e. The maximum atomic E-state index is 13.8. The van der Waals surface area contributed by atoms with Gasteiger partial charge in [0, 0.05) is 12.5 Å². The predicted octanol–water partition coefficient (Wildman–Crippen LogP) is 2.73. The van der Waals surface area contributed by atoms with Gasteiger partial charge in [0.25, 0.3) is 0 Å². The highest BCUT2D eigenvalue weighted by Gasteiger charge is 2.42. The zero-order valence-corrected chi connectivity index (χ0v) is 10.9. The van der Waals surface area contributed by atoms with E-state index in [-0.39, 0.29) is 6.42 Å². The van der Waals surface area contributed by atoms with Gasteiger partial charge in [-0.15, -0.1) is 11.8 Å². The third kappa shape index (κ3) is 2.46. The van der Waals surface area contributed by atoms with Gasteiger partial charge in [0.05, 0.1) is 7.11 Å². The van der Waals surface area contributed by atoms with Crippen LogP contribution in [0, 0.1) is 5.82 Å². The SMILES string of the molecule is COc1ccc(CC2(C(=O)O)CCCS2)c(F)c1. The number of carboxylic acid groups (broad SMARTS) is 1. The molecule has 1 atom stereocenters. The third-order valence-corrected chi connectivity index (χ3v) is 4.80. The van der Waals surface area contributed by atoms with Crippen molar-refractivity contribution in [2.75, 3.05) is 12.9 Å². The molecule has 1 N–H and O–H groups in total. The maximum absolute atomic E-state index is 13.8. The number of thioether (sulfide) groups is 1. The van der Waals surface area contributed by atoms with Crippen LogP contribution in [0.5, 0.6) is 5.75 Å². The number of benzene rings is 1. The van der Waals surface area contributed by atoms with Crippen LogP contribution in [-0.2, 0) is 11.2 Å². The molecule has 18 heavy (non-hydrogen) atoms. The van der Waals surface area contributed by atoms with E-state index in [2.05, 4.69) is 0 Å². The average molecular weight is 270 g/mol. The molecule has 0 amide bonds. The molecule has 1 heterocycles. The molecule has 0 radical (unpaired) electrons. The van der Waals surface area contributed by atoms with E-state index in [1.54, 1.807) is 12.1 Å². The summed E-state index contributed by atoms with van der Waals surface area (Å²) in [6.45, 7) is 0. The molecule has 3 nitrogen and oxygen atoms in total. The molecule has 0 saturated carbocycles. The Kier molecular flexibility index (Phi) is 3.80. The lowest BCUT2D eigenvalue weighted by molar-refractivity contribution is -0.139. The second-order valence-electron chi connectivity index (χ2n) is 4.39. The molecule has 0 bridgehead atoms. The largest absolute Gasteiger partial charge is 0.497 e. The van der Waals surface area contributed by atoms with Crippen molar-refractivity contribution in [3.05, 3.63) is 29.6 Å². The molecule has 0 spiro atoms. The Morgan fingerprint density at radius 2 is 2.39 bits per heavy atom. The molecular weight excluding hydrogens is 255 g/mol. The molecular formula is C13H15FO3S. The molecule has 0 aliphatic carbocycles. The lowest BCUT2D eigenvalue weighted by Gasteiger charge is -2.23.